The fourth-order valence-corrected chi connectivity index (χ4v) is 0.966. The van der Waals surface area contributed by atoms with Crippen LogP contribution in [0.2, 0.25) is 0 Å². The van der Waals surface area contributed by atoms with E-state index in [0.29, 0.717) is 13.0 Å². The molecule has 0 saturated carbocycles. The van der Waals surface area contributed by atoms with E-state index in [1.54, 1.807) is 6.08 Å². The smallest absolute Gasteiger partial charge is 0.235 e. The van der Waals surface area contributed by atoms with Crippen molar-refractivity contribution < 1.29 is 13.2 Å². The van der Waals surface area contributed by atoms with E-state index in [2.05, 4.69) is 16.6 Å². The molecule has 0 aromatic carbocycles. The first kappa shape index (κ1) is 12.1. The summed E-state index contributed by atoms with van der Waals surface area (Å²) >= 11 is 0. The largest absolute Gasteiger partial charge is 0.355 e. The van der Waals surface area contributed by atoms with Gasteiger partial charge in [0.05, 0.1) is 12.8 Å². The van der Waals surface area contributed by atoms with Crippen molar-refractivity contribution in [1.82, 2.24) is 10.0 Å². The minimum absolute atomic E-state index is 0.212. The molecule has 13 heavy (non-hydrogen) atoms. The number of rotatable bonds is 6. The number of hydrogen-bond acceptors (Lipinski definition) is 3. The van der Waals surface area contributed by atoms with Gasteiger partial charge in [-0.2, -0.15) is 0 Å². The molecule has 0 rings (SSSR count). The minimum atomic E-state index is -3.28. The Morgan fingerprint density at radius 2 is 2.15 bits per heavy atom. The second-order valence-corrected chi connectivity index (χ2v) is 4.35. The SMILES string of the molecule is C=CCCNC(=O)CNS(C)(=O)=O. The van der Waals surface area contributed by atoms with Gasteiger partial charge in [-0.3, -0.25) is 4.79 Å². The van der Waals surface area contributed by atoms with Crippen LogP contribution in [0.15, 0.2) is 12.7 Å². The van der Waals surface area contributed by atoms with Crippen molar-refractivity contribution in [3.05, 3.63) is 12.7 Å². The van der Waals surface area contributed by atoms with Crippen molar-refractivity contribution >= 4 is 15.9 Å². The number of carbonyl (C=O) groups excluding carboxylic acids is 1. The van der Waals surface area contributed by atoms with Crippen LogP contribution >= 0.6 is 0 Å². The average molecular weight is 206 g/mol. The van der Waals surface area contributed by atoms with Crippen LogP contribution in [-0.4, -0.2) is 33.7 Å². The fourth-order valence-electron chi connectivity index (χ4n) is 0.573. The van der Waals surface area contributed by atoms with Crippen molar-refractivity contribution in [2.45, 2.75) is 6.42 Å². The third-order valence-corrected chi connectivity index (χ3v) is 1.83. The van der Waals surface area contributed by atoms with Gasteiger partial charge in [-0.05, 0) is 6.42 Å². The summed E-state index contributed by atoms with van der Waals surface area (Å²) in [6, 6.07) is 0. The molecule has 0 radical (unpaired) electrons. The summed E-state index contributed by atoms with van der Waals surface area (Å²) in [6.45, 7) is 3.75. The quantitative estimate of drug-likeness (QED) is 0.442. The summed E-state index contributed by atoms with van der Waals surface area (Å²) < 4.78 is 23.2. The maximum absolute atomic E-state index is 10.9. The Balaban J connectivity index is 3.58. The average Bonchev–Trinajstić information content (AvgIpc) is 2.00. The Labute approximate surface area is 78.3 Å². The first-order valence-corrected chi connectivity index (χ1v) is 5.67. The minimum Gasteiger partial charge on any atom is -0.355 e. The van der Waals surface area contributed by atoms with E-state index in [0.717, 1.165) is 6.26 Å². The van der Waals surface area contributed by atoms with E-state index in [4.69, 9.17) is 0 Å². The lowest BCUT2D eigenvalue weighted by Crippen LogP contribution is -2.36. The molecule has 0 aromatic rings. The van der Waals surface area contributed by atoms with Crippen LogP contribution in [0.4, 0.5) is 0 Å². The third-order valence-electron chi connectivity index (χ3n) is 1.17. The Hall–Kier alpha value is -0.880. The molecular weight excluding hydrogens is 192 g/mol. The molecule has 2 N–H and O–H groups in total. The normalized spacial score (nSPS) is 10.8. The monoisotopic (exact) mass is 206 g/mol. The van der Waals surface area contributed by atoms with Gasteiger partial charge in [-0.1, -0.05) is 6.08 Å². The number of hydrogen-bond donors (Lipinski definition) is 2. The summed E-state index contributed by atoms with van der Waals surface area (Å²) in [6.07, 6.45) is 3.35. The fraction of sp³-hybridized carbons (Fsp3) is 0.571. The van der Waals surface area contributed by atoms with Crippen molar-refractivity contribution in [3.63, 3.8) is 0 Å². The zero-order valence-electron chi connectivity index (χ0n) is 7.54. The van der Waals surface area contributed by atoms with E-state index in [1.165, 1.54) is 0 Å². The van der Waals surface area contributed by atoms with Gasteiger partial charge in [-0.25, -0.2) is 13.1 Å². The van der Waals surface area contributed by atoms with Crippen molar-refractivity contribution in [2.24, 2.45) is 0 Å². The van der Waals surface area contributed by atoms with Crippen LogP contribution in [0.1, 0.15) is 6.42 Å². The summed E-state index contributed by atoms with van der Waals surface area (Å²) in [7, 11) is -3.28. The molecule has 0 saturated heterocycles. The zero-order chi connectivity index (χ0) is 10.3. The molecule has 0 aliphatic rings. The second kappa shape index (κ2) is 5.71. The van der Waals surface area contributed by atoms with E-state index in [1.807, 2.05) is 0 Å². The summed E-state index contributed by atoms with van der Waals surface area (Å²) in [5.74, 6) is -0.340. The van der Waals surface area contributed by atoms with E-state index >= 15 is 0 Å². The highest BCUT2D eigenvalue weighted by molar-refractivity contribution is 7.88. The maximum atomic E-state index is 10.9. The van der Waals surface area contributed by atoms with Gasteiger partial charge in [-0.15, -0.1) is 6.58 Å². The van der Waals surface area contributed by atoms with Gasteiger partial charge in [0.25, 0.3) is 0 Å². The van der Waals surface area contributed by atoms with Crippen molar-refractivity contribution in [3.8, 4) is 0 Å². The Bertz CT molecular complexity index is 271. The maximum Gasteiger partial charge on any atom is 0.235 e. The Kier molecular flexibility index (Phi) is 5.33. The second-order valence-electron chi connectivity index (χ2n) is 2.52. The van der Waals surface area contributed by atoms with Gasteiger partial charge < -0.3 is 5.32 Å². The van der Waals surface area contributed by atoms with E-state index in [9.17, 15) is 13.2 Å². The number of sulfonamides is 1. The van der Waals surface area contributed by atoms with Crippen LogP contribution in [0, 0.1) is 0 Å². The van der Waals surface area contributed by atoms with Gasteiger partial charge in [0.15, 0.2) is 0 Å². The highest BCUT2D eigenvalue weighted by Gasteiger charge is 2.04. The molecule has 0 aromatic heterocycles. The van der Waals surface area contributed by atoms with E-state index < -0.39 is 10.0 Å². The molecule has 0 spiro atoms. The molecule has 76 valence electrons. The number of carbonyl (C=O) groups is 1. The lowest BCUT2D eigenvalue weighted by Gasteiger charge is -2.03. The van der Waals surface area contributed by atoms with E-state index in [-0.39, 0.29) is 12.5 Å². The molecule has 6 heteroatoms. The Morgan fingerprint density at radius 3 is 2.62 bits per heavy atom. The summed E-state index contributed by atoms with van der Waals surface area (Å²) in [5, 5.41) is 2.52. The third kappa shape index (κ3) is 9.03. The summed E-state index contributed by atoms with van der Waals surface area (Å²) in [4.78, 5) is 10.9. The summed E-state index contributed by atoms with van der Waals surface area (Å²) in [5.41, 5.74) is 0. The lowest BCUT2D eigenvalue weighted by atomic mass is 10.4. The molecule has 0 aliphatic heterocycles. The molecule has 0 fully saturated rings. The topological polar surface area (TPSA) is 75.3 Å². The molecule has 5 nitrogen and oxygen atoms in total. The van der Waals surface area contributed by atoms with Gasteiger partial charge in [0.1, 0.15) is 0 Å². The van der Waals surface area contributed by atoms with Crippen LogP contribution in [0.25, 0.3) is 0 Å². The predicted octanol–water partition coefficient (Wildman–Crippen LogP) is -0.772. The molecular formula is C7H14N2O3S. The van der Waals surface area contributed by atoms with Crippen molar-refractivity contribution in [1.29, 1.82) is 0 Å². The molecule has 0 aliphatic carbocycles. The zero-order valence-corrected chi connectivity index (χ0v) is 8.36. The molecule has 0 heterocycles. The van der Waals surface area contributed by atoms with Crippen LogP contribution in [0.3, 0.4) is 0 Å². The highest BCUT2D eigenvalue weighted by Crippen LogP contribution is 1.76. The first-order valence-electron chi connectivity index (χ1n) is 3.78. The van der Waals surface area contributed by atoms with Gasteiger partial charge in [0.2, 0.25) is 15.9 Å². The number of amides is 1. The number of nitrogens with one attached hydrogen (secondary N) is 2. The molecule has 0 atom stereocenters. The predicted molar refractivity (Wildman–Crippen MR) is 50.7 cm³/mol. The molecule has 1 amide bonds. The first-order chi connectivity index (χ1) is 5.95. The van der Waals surface area contributed by atoms with Crippen LogP contribution < -0.4 is 10.0 Å². The van der Waals surface area contributed by atoms with Gasteiger partial charge in [0, 0.05) is 6.54 Å². The molecule has 0 unspecified atom stereocenters. The van der Waals surface area contributed by atoms with Crippen LogP contribution in [0.5, 0.6) is 0 Å². The molecule has 0 bridgehead atoms. The van der Waals surface area contributed by atoms with Crippen molar-refractivity contribution in [2.75, 3.05) is 19.3 Å². The van der Waals surface area contributed by atoms with Crippen LogP contribution in [-0.2, 0) is 14.8 Å². The highest BCUT2D eigenvalue weighted by atomic mass is 32.2. The standard InChI is InChI=1S/C7H14N2O3S/c1-3-4-5-8-7(10)6-9-13(2,11)12/h3,9H,1,4-6H2,2H3,(H,8,10). The Morgan fingerprint density at radius 1 is 1.54 bits per heavy atom. The lowest BCUT2D eigenvalue weighted by molar-refractivity contribution is -0.119. The van der Waals surface area contributed by atoms with Gasteiger partial charge >= 0.3 is 0 Å².